The number of hydrogen-bond donors (Lipinski definition) is 3. The summed E-state index contributed by atoms with van der Waals surface area (Å²) in [5, 5.41) is 4.60. The lowest BCUT2D eigenvalue weighted by molar-refractivity contribution is -0.121. The monoisotopic (exact) mass is 272 g/mol. The van der Waals surface area contributed by atoms with Crippen LogP contribution in [0.3, 0.4) is 0 Å². The number of carbonyl (C=O) groups is 2. The molecule has 110 valence electrons. The van der Waals surface area contributed by atoms with E-state index in [9.17, 15) is 9.59 Å². The lowest BCUT2D eigenvalue weighted by Crippen LogP contribution is -2.46. The van der Waals surface area contributed by atoms with Gasteiger partial charge in [-0.3, -0.25) is 15.0 Å². The second-order valence-electron chi connectivity index (χ2n) is 4.62. The van der Waals surface area contributed by atoms with Crippen LogP contribution in [0, 0.1) is 0 Å². The number of rotatable bonds is 6. The second kappa shape index (κ2) is 8.84. The Kier molecular flexibility index (Phi) is 7.39. The lowest BCUT2D eigenvalue weighted by Gasteiger charge is -2.31. The van der Waals surface area contributed by atoms with Gasteiger partial charge in [0, 0.05) is 26.7 Å². The Morgan fingerprint density at radius 3 is 2.63 bits per heavy atom. The van der Waals surface area contributed by atoms with Crippen molar-refractivity contribution >= 4 is 11.9 Å². The van der Waals surface area contributed by atoms with E-state index in [4.69, 9.17) is 10.5 Å². The Morgan fingerprint density at radius 2 is 2.05 bits per heavy atom. The number of nitrogens with one attached hydrogen (secondary N) is 2. The number of urea groups is 1. The van der Waals surface area contributed by atoms with Crippen molar-refractivity contribution < 1.29 is 14.3 Å². The summed E-state index contributed by atoms with van der Waals surface area (Å²) in [4.78, 5) is 24.5. The molecule has 0 saturated carbocycles. The molecular weight excluding hydrogens is 248 g/mol. The number of ether oxygens (including phenoxy) is 1. The van der Waals surface area contributed by atoms with Crippen LogP contribution in [-0.4, -0.2) is 62.8 Å². The highest BCUT2D eigenvalue weighted by Crippen LogP contribution is 2.13. The van der Waals surface area contributed by atoms with Crippen molar-refractivity contribution in [3.63, 3.8) is 0 Å². The quantitative estimate of drug-likeness (QED) is 0.554. The molecule has 1 heterocycles. The Balaban J connectivity index is 2.15. The smallest absolute Gasteiger partial charge is 0.321 e. The van der Waals surface area contributed by atoms with Crippen molar-refractivity contribution in [2.24, 2.45) is 5.73 Å². The van der Waals surface area contributed by atoms with Gasteiger partial charge in [0.15, 0.2) is 0 Å². The number of nitrogens with two attached hydrogens (primary N) is 1. The van der Waals surface area contributed by atoms with E-state index in [0.29, 0.717) is 13.2 Å². The summed E-state index contributed by atoms with van der Waals surface area (Å²) >= 11 is 0. The van der Waals surface area contributed by atoms with Crippen LogP contribution in [0.25, 0.3) is 0 Å². The highest BCUT2D eigenvalue weighted by Gasteiger charge is 2.21. The first-order chi connectivity index (χ1) is 9.15. The van der Waals surface area contributed by atoms with Crippen LogP contribution in [0.2, 0.25) is 0 Å². The number of carbonyl (C=O) groups excluding carboxylic acids is 2. The van der Waals surface area contributed by atoms with Crippen molar-refractivity contribution in [1.82, 2.24) is 15.5 Å². The number of hydrogen-bond acceptors (Lipinski definition) is 5. The minimum Gasteiger partial charge on any atom is -0.378 e. The van der Waals surface area contributed by atoms with Crippen molar-refractivity contribution in [3.05, 3.63) is 0 Å². The van der Waals surface area contributed by atoms with Gasteiger partial charge in [-0.2, -0.15) is 0 Å². The van der Waals surface area contributed by atoms with Crippen LogP contribution in [0.15, 0.2) is 0 Å². The van der Waals surface area contributed by atoms with Crippen molar-refractivity contribution in [3.8, 4) is 0 Å². The minimum absolute atomic E-state index is 0.253. The molecule has 1 saturated heterocycles. The Bertz CT molecular complexity index is 291. The van der Waals surface area contributed by atoms with Gasteiger partial charge in [-0.05, 0) is 25.8 Å². The molecule has 19 heavy (non-hydrogen) atoms. The van der Waals surface area contributed by atoms with Crippen molar-refractivity contribution in [2.75, 3.05) is 39.8 Å². The van der Waals surface area contributed by atoms with E-state index in [0.717, 1.165) is 32.4 Å². The predicted molar refractivity (Wildman–Crippen MR) is 71.7 cm³/mol. The molecule has 0 aromatic carbocycles. The number of imide groups is 1. The summed E-state index contributed by atoms with van der Waals surface area (Å²) in [6.45, 7) is 3.24. The molecule has 0 aliphatic carbocycles. The Labute approximate surface area is 113 Å². The summed E-state index contributed by atoms with van der Waals surface area (Å²) in [7, 11) is 1.48. The SMILES string of the molecule is CNC(=O)NC(=O)CN1CCC(OCCCN)CC1. The third-order valence-corrected chi connectivity index (χ3v) is 3.08. The van der Waals surface area contributed by atoms with E-state index in [1.54, 1.807) is 0 Å². The van der Waals surface area contributed by atoms with Crippen LogP contribution in [0.4, 0.5) is 4.79 Å². The highest BCUT2D eigenvalue weighted by molar-refractivity contribution is 5.95. The maximum atomic E-state index is 11.5. The molecule has 0 bridgehead atoms. The average molecular weight is 272 g/mol. The zero-order valence-electron chi connectivity index (χ0n) is 11.5. The molecule has 3 amide bonds. The first-order valence-electron chi connectivity index (χ1n) is 6.71. The molecule has 0 aromatic heterocycles. The van der Waals surface area contributed by atoms with E-state index in [1.165, 1.54) is 7.05 Å². The summed E-state index contributed by atoms with van der Waals surface area (Å²) in [5.41, 5.74) is 5.41. The van der Waals surface area contributed by atoms with Crippen molar-refractivity contribution in [1.29, 1.82) is 0 Å². The van der Waals surface area contributed by atoms with Gasteiger partial charge in [0.05, 0.1) is 12.6 Å². The highest BCUT2D eigenvalue weighted by atomic mass is 16.5. The predicted octanol–water partition coefficient (Wildman–Crippen LogP) is -0.728. The zero-order valence-corrected chi connectivity index (χ0v) is 11.5. The first-order valence-corrected chi connectivity index (χ1v) is 6.71. The molecule has 0 aromatic rings. The maximum absolute atomic E-state index is 11.5. The van der Waals surface area contributed by atoms with E-state index in [1.807, 2.05) is 4.90 Å². The normalized spacial score (nSPS) is 17.2. The summed E-state index contributed by atoms with van der Waals surface area (Å²) in [6, 6.07) is -0.468. The molecule has 1 fully saturated rings. The van der Waals surface area contributed by atoms with Crippen LogP contribution >= 0.6 is 0 Å². The van der Waals surface area contributed by atoms with Gasteiger partial charge >= 0.3 is 6.03 Å². The molecule has 1 aliphatic heterocycles. The van der Waals surface area contributed by atoms with E-state index >= 15 is 0 Å². The van der Waals surface area contributed by atoms with Gasteiger partial charge in [0.25, 0.3) is 0 Å². The lowest BCUT2D eigenvalue weighted by atomic mass is 10.1. The van der Waals surface area contributed by atoms with Gasteiger partial charge in [0.1, 0.15) is 0 Å². The van der Waals surface area contributed by atoms with Crippen LogP contribution < -0.4 is 16.4 Å². The summed E-state index contributed by atoms with van der Waals surface area (Å²) < 4.78 is 5.69. The fraction of sp³-hybridized carbons (Fsp3) is 0.833. The summed E-state index contributed by atoms with van der Waals surface area (Å²) in [5.74, 6) is -0.276. The van der Waals surface area contributed by atoms with E-state index < -0.39 is 6.03 Å². The molecule has 7 heteroatoms. The Morgan fingerprint density at radius 1 is 1.37 bits per heavy atom. The molecule has 0 spiro atoms. The average Bonchev–Trinajstić information content (AvgIpc) is 2.40. The molecule has 1 rings (SSSR count). The number of nitrogens with zero attached hydrogens (tertiary/aromatic N) is 1. The molecule has 0 unspecified atom stereocenters. The van der Waals surface area contributed by atoms with Gasteiger partial charge in [-0.15, -0.1) is 0 Å². The minimum atomic E-state index is -0.468. The van der Waals surface area contributed by atoms with Gasteiger partial charge in [-0.25, -0.2) is 4.79 Å². The Hall–Kier alpha value is -1.18. The topological polar surface area (TPSA) is 96.7 Å². The molecule has 0 atom stereocenters. The third kappa shape index (κ3) is 6.51. The molecular formula is C12H24N4O3. The largest absolute Gasteiger partial charge is 0.378 e. The summed E-state index contributed by atoms with van der Waals surface area (Å²) in [6.07, 6.45) is 2.98. The van der Waals surface area contributed by atoms with E-state index in [2.05, 4.69) is 10.6 Å². The van der Waals surface area contributed by atoms with Gasteiger partial charge in [-0.1, -0.05) is 0 Å². The fourth-order valence-corrected chi connectivity index (χ4v) is 2.00. The standard InChI is InChI=1S/C12H24N4O3/c1-14-12(18)15-11(17)9-16-6-3-10(4-7-16)19-8-2-5-13/h10H,2-9,13H2,1H3,(H2,14,15,17,18). The molecule has 7 nitrogen and oxygen atoms in total. The van der Waals surface area contributed by atoms with Gasteiger partial charge in [0.2, 0.25) is 5.91 Å². The maximum Gasteiger partial charge on any atom is 0.321 e. The van der Waals surface area contributed by atoms with Crippen molar-refractivity contribution in [2.45, 2.75) is 25.4 Å². The van der Waals surface area contributed by atoms with Crippen LogP contribution in [0.1, 0.15) is 19.3 Å². The first kappa shape index (κ1) is 15.9. The third-order valence-electron chi connectivity index (χ3n) is 3.08. The number of piperidine rings is 1. The second-order valence-corrected chi connectivity index (χ2v) is 4.62. The molecule has 1 aliphatic rings. The van der Waals surface area contributed by atoms with Crippen LogP contribution in [0.5, 0.6) is 0 Å². The van der Waals surface area contributed by atoms with E-state index in [-0.39, 0.29) is 18.6 Å². The zero-order chi connectivity index (χ0) is 14.1. The molecule has 0 radical (unpaired) electrons. The van der Waals surface area contributed by atoms with Gasteiger partial charge < -0.3 is 15.8 Å². The molecule has 4 N–H and O–H groups in total. The fourth-order valence-electron chi connectivity index (χ4n) is 2.00. The van der Waals surface area contributed by atoms with Crippen LogP contribution in [-0.2, 0) is 9.53 Å². The number of amides is 3. The number of likely N-dealkylation sites (tertiary alicyclic amines) is 1.